The summed E-state index contributed by atoms with van der Waals surface area (Å²) in [4.78, 5) is 34.9. The first-order chi connectivity index (χ1) is 20.0. The third-order valence-electron chi connectivity index (χ3n) is 6.66. The fourth-order valence-electron chi connectivity index (χ4n) is 4.53. The molecule has 4 N–H and O–H groups in total. The number of carboxylic acid groups (broad SMARTS) is 2. The van der Waals surface area contributed by atoms with Gasteiger partial charge >= 0.3 is 11.9 Å². The number of carboxylic acids is 2. The van der Waals surface area contributed by atoms with Crippen molar-refractivity contribution in [2.45, 2.75) is 52.9 Å². The van der Waals surface area contributed by atoms with E-state index in [2.05, 4.69) is 29.5 Å². The molecule has 2 heterocycles. The number of nitrogens with zero attached hydrogens (tertiary/aromatic N) is 4. The molecular formula is C29H43N5O8. The zero-order chi connectivity index (χ0) is 31.2. The minimum atomic E-state index is -1.26. The van der Waals surface area contributed by atoms with Crippen LogP contribution in [0.2, 0.25) is 0 Å². The van der Waals surface area contributed by atoms with Gasteiger partial charge in [-0.2, -0.15) is 0 Å². The van der Waals surface area contributed by atoms with Gasteiger partial charge in [0.05, 0.1) is 31.6 Å². The Labute approximate surface area is 246 Å². The number of aliphatic hydroxyl groups excluding tert-OH is 1. The van der Waals surface area contributed by atoms with Crippen molar-refractivity contribution in [3.05, 3.63) is 53.4 Å². The van der Waals surface area contributed by atoms with Crippen molar-refractivity contribution in [2.24, 2.45) is 11.8 Å². The number of aliphatic hydroxyl groups is 1. The molecule has 13 nitrogen and oxygen atoms in total. The number of piperidine rings is 1. The Morgan fingerprint density at radius 2 is 1.79 bits per heavy atom. The number of para-hydroxylation sites is 1. The van der Waals surface area contributed by atoms with E-state index in [-0.39, 0.29) is 30.4 Å². The van der Waals surface area contributed by atoms with Crippen molar-refractivity contribution < 1.29 is 39.2 Å². The highest BCUT2D eigenvalue weighted by atomic mass is 16.5. The van der Waals surface area contributed by atoms with Crippen molar-refractivity contribution in [3.63, 3.8) is 0 Å². The van der Waals surface area contributed by atoms with Crippen molar-refractivity contribution >= 4 is 17.8 Å². The molecule has 1 aliphatic heterocycles. The molecule has 42 heavy (non-hydrogen) atoms. The lowest BCUT2D eigenvalue weighted by atomic mass is 9.90. The van der Waals surface area contributed by atoms with Gasteiger partial charge in [0.15, 0.2) is 5.69 Å². The van der Waals surface area contributed by atoms with Gasteiger partial charge in [0.25, 0.3) is 5.91 Å². The second kappa shape index (κ2) is 17.3. The Morgan fingerprint density at radius 1 is 1.12 bits per heavy atom. The maximum atomic E-state index is 13.9. The van der Waals surface area contributed by atoms with Gasteiger partial charge in [0.1, 0.15) is 5.69 Å². The molecule has 1 fully saturated rings. The summed E-state index contributed by atoms with van der Waals surface area (Å²) >= 11 is 0. The molecule has 0 saturated carbocycles. The first kappa shape index (κ1) is 34.6. The summed E-state index contributed by atoms with van der Waals surface area (Å²) in [5.41, 5.74) is 2.82. The standard InChI is InChI=1S/C25H39N5O4.C4H4O4/c1-17(2)15-29(21-12-20(19(4)31)13-26-14-21)25(32)24-23(16-34-11-10-33-5)30(28-27-24)22-9-7-6-8-18(22)3;5-3(6)1-2-4(7)8/h6-9,17,19-21,26,31H,10-16H2,1-5H3;1-2H,(H,5,6)(H,7,8)/b;2-1+/t19?,20-,21+;/m1./s1. The third kappa shape index (κ3) is 10.6. The number of aromatic nitrogens is 3. The number of aliphatic carboxylic acids is 2. The molecule has 3 rings (SSSR count). The van der Waals surface area contributed by atoms with Gasteiger partial charge < -0.3 is 35.0 Å². The Balaban J connectivity index is 0.000000675. The maximum Gasteiger partial charge on any atom is 0.328 e. The van der Waals surface area contributed by atoms with Crippen LogP contribution in [-0.2, 0) is 25.7 Å². The molecule has 232 valence electrons. The molecule has 0 aliphatic carbocycles. The van der Waals surface area contributed by atoms with Gasteiger partial charge in [-0.25, -0.2) is 14.3 Å². The second-order valence-corrected chi connectivity index (χ2v) is 10.5. The zero-order valence-corrected chi connectivity index (χ0v) is 24.9. The van der Waals surface area contributed by atoms with Crippen LogP contribution < -0.4 is 5.32 Å². The molecule has 1 saturated heterocycles. The third-order valence-corrected chi connectivity index (χ3v) is 6.66. The lowest BCUT2D eigenvalue weighted by Gasteiger charge is -2.39. The quantitative estimate of drug-likeness (QED) is 0.198. The number of nitrogens with one attached hydrogen (secondary N) is 1. The number of hydrogen-bond donors (Lipinski definition) is 4. The normalized spacial score (nSPS) is 17.5. The summed E-state index contributed by atoms with van der Waals surface area (Å²) in [6.07, 6.45) is 1.43. The Bertz CT molecular complexity index is 1180. The van der Waals surface area contributed by atoms with Crippen molar-refractivity contribution in [1.82, 2.24) is 25.2 Å². The highest BCUT2D eigenvalue weighted by Crippen LogP contribution is 2.24. The van der Waals surface area contributed by atoms with Gasteiger partial charge in [-0.3, -0.25) is 4.79 Å². The number of methoxy groups -OCH3 is 1. The molecule has 3 atom stereocenters. The maximum absolute atomic E-state index is 13.9. The fraction of sp³-hybridized carbons (Fsp3) is 0.552. The Kier molecular flexibility index (Phi) is 14.3. The number of benzene rings is 1. The average Bonchev–Trinajstić information content (AvgIpc) is 3.36. The molecule has 2 aromatic rings. The van der Waals surface area contributed by atoms with Gasteiger partial charge in [0.2, 0.25) is 0 Å². The van der Waals surface area contributed by atoms with Crippen molar-refractivity contribution in [1.29, 1.82) is 0 Å². The largest absolute Gasteiger partial charge is 0.478 e. The number of carbonyl (C=O) groups excluding carboxylic acids is 1. The van der Waals surface area contributed by atoms with Gasteiger partial charge in [-0.05, 0) is 43.7 Å². The summed E-state index contributed by atoms with van der Waals surface area (Å²) in [6, 6.07) is 7.84. The first-order valence-electron chi connectivity index (χ1n) is 13.9. The summed E-state index contributed by atoms with van der Waals surface area (Å²) in [5.74, 6) is -2.29. The van der Waals surface area contributed by atoms with Crippen LogP contribution in [0.4, 0.5) is 0 Å². The van der Waals surface area contributed by atoms with Crippen LogP contribution >= 0.6 is 0 Å². The van der Waals surface area contributed by atoms with Crippen LogP contribution in [0, 0.1) is 18.8 Å². The monoisotopic (exact) mass is 589 g/mol. The SMILES string of the molecule is COCCOCc1c(C(=O)N(CC(C)C)[C@@H]2CNC[C@H](C(C)O)C2)nnn1-c1ccccc1C.O=C(O)/C=C/C(=O)O. The number of rotatable bonds is 13. The highest BCUT2D eigenvalue weighted by Gasteiger charge is 2.34. The number of hydrogen-bond acceptors (Lipinski definition) is 9. The van der Waals surface area contributed by atoms with E-state index >= 15 is 0 Å². The first-order valence-corrected chi connectivity index (χ1v) is 13.9. The molecule has 0 radical (unpaired) electrons. The van der Waals surface area contributed by atoms with Crippen LogP contribution in [0.5, 0.6) is 0 Å². The van der Waals surface area contributed by atoms with Gasteiger partial charge in [-0.15, -0.1) is 5.10 Å². The van der Waals surface area contributed by atoms with E-state index in [1.54, 1.807) is 11.8 Å². The smallest absolute Gasteiger partial charge is 0.328 e. The Morgan fingerprint density at radius 3 is 2.36 bits per heavy atom. The molecule has 1 aromatic heterocycles. The predicted octanol–water partition coefficient (Wildman–Crippen LogP) is 1.91. The van der Waals surface area contributed by atoms with E-state index in [1.165, 1.54) is 0 Å². The van der Waals surface area contributed by atoms with E-state index in [4.69, 9.17) is 19.7 Å². The van der Waals surface area contributed by atoms with E-state index in [0.717, 1.165) is 24.2 Å². The molecular weight excluding hydrogens is 546 g/mol. The highest BCUT2D eigenvalue weighted by molar-refractivity contribution is 5.93. The van der Waals surface area contributed by atoms with E-state index in [1.807, 2.05) is 43.0 Å². The molecule has 1 aliphatic rings. The Hall–Kier alpha value is -3.65. The minimum absolute atomic E-state index is 0.0332. The van der Waals surface area contributed by atoms with Crippen LogP contribution in [0.1, 0.15) is 48.9 Å². The number of aryl methyl sites for hydroxylation is 1. The van der Waals surface area contributed by atoms with Crippen molar-refractivity contribution in [2.75, 3.05) is 40.0 Å². The van der Waals surface area contributed by atoms with Crippen LogP contribution in [0.3, 0.4) is 0 Å². The summed E-state index contributed by atoms with van der Waals surface area (Å²) in [6.45, 7) is 11.1. The fourth-order valence-corrected chi connectivity index (χ4v) is 4.53. The molecule has 0 spiro atoms. The van der Waals surface area contributed by atoms with Crippen molar-refractivity contribution in [3.8, 4) is 5.69 Å². The summed E-state index contributed by atoms with van der Waals surface area (Å²) in [5, 5.41) is 37.9. The van der Waals surface area contributed by atoms with E-state index in [9.17, 15) is 19.5 Å². The van der Waals surface area contributed by atoms with Crippen LogP contribution in [-0.4, -0.2) is 105 Å². The van der Waals surface area contributed by atoms with Gasteiger partial charge in [0, 0.05) is 44.9 Å². The number of amides is 1. The zero-order valence-electron chi connectivity index (χ0n) is 24.9. The number of ether oxygens (including phenoxy) is 2. The summed E-state index contributed by atoms with van der Waals surface area (Å²) < 4.78 is 12.6. The van der Waals surface area contributed by atoms with Crippen LogP contribution in [0.25, 0.3) is 5.69 Å². The second-order valence-electron chi connectivity index (χ2n) is 10.5. The summed E-state index contributed by atoms with van der Waals surface area (Å²) in [7, 11) is 1.62. The minimum Gasteiger partial charge on any atom is -0.478 e. The molecule has 13 heteroatoms. The lowest BCUT2D eigenvalue weighted by Crippen LogP contribution is -2.54. The topological polar surface area (TPSA) is 176 Å². The number of carbonyl (C=O) groups is 3. The van der Waals surface area contributed by atoms with E-state index < -0.39 is 18.0 Å². The molecule has 1 aromatic carbocycles. The van der Waals surface area contributed by atoms with Crippen LogP contribution in [0.15, 0.2) is 36.4 Å². The van der Waals surface area contributed by atoms with E-state index in [0.29, 0.717) is 49.8 Å². The lowest BCUT2D eigenvalue weighted by molar-refractivity contribution is -0.134. The molecule has 1 amide bonds. The van der Waals surface area contributed by atoms with Gasteiger partial charge in [-0.1, -0.05) is 37.3 Å². The predicted molar refractivity (Wildman–Crippen MR) is 154 cm³/mol. The average molecular weight is 590 g/mol. The molecule has 0 bridgehead atoms. The molecule has 1 unspecified atom stereocenters.